The number of nitrogens with two attached hydrogens (primary N) is 1. The molecule has 1 aromatic carbocycles. The Balaban J connectivity index is 1.78. The average molecular weight is 301 g/mol. The lowest BCUT2D eigenvalue weighted by Gasteiger charge is -2.22. The smallest absolute Gasteiger partial charge is 0.265 e. The molecule has 1 aromatic heterocycles. The molecule has 4 nitrogen and oxygen atoms in total. The minimum atomic E-state index is -0.225. The number of hydrogen-bond donors (Lipinski definition) is 2. The van der Waals surface area contributed by atoms with Crippen molar-refractivity contribution < 1.29 is 4.79 Å². The second kappa shape index (κ2) is 6.39. The van der Waals surface area contributed by atoms with Crippen molar-refractivity contribution in [2.24, 2.45) is 5.84 Å². The van der Waals surface area contributed by atoms with Gasteiger partial charge in [0.15, 0.2) is 0 Å². The van der Waals surface area contributed by atoms with Gasteiger partial charge in [0, 0.05) is 24.7 Å². The Morgan fingerprint density at radius 3 is 2.76 bits per heavy atom. The quantitative estimate of drug-likeness (QED) is 0.490. The van der Waals surface area contributed by atoms with Crippen molar-refractivity contribution in [3.8, 4) is 0 Å². The summed E-state index contributed by atoms with van der Waals surface area (Å²) in [5.41, 5.74) is 5.26. The van der Waals surface area contributed by atoms with Crippen LogP contribution in [-0.2, 0) is 13.1 Å². The largest absolute Gasteiger partial charge is 0.292 e. The second-order valence-electron chi connectivity index (χ2n) is 5.40. The van der Waals surface area contributed by atoms with Crippen LogP contribution in [0.1, 0.15) is 34.3 Å². The van der Waals surface area contributed by atoms with Crippen LogP contribution >= 0.6 is 11.3 Å². The molecule has 1 aliphatic carbocycles. The van der Waals surface area contributed by atoms with Gasteiger partial charge < -0.3 is 0 Å². The molecule has 0 unspecified atom stereocenters. The fourth-order valence-corrected chi connectivity index (χ4v) is 3.21. The van der Waals surface area contributed by atoms with E-state index in [1.807, 2.05) is 24.3 Å². The fourth-order valence-electron chi connectivity index (χ4n) is 2.55. The van der Waals surface area contributed by atoms with Gasteiger partial charge in [-0.3, -0.25) is 15.1 Å². The molecule has 110 valence electrons. The maximum absolute atomic E-state index is 11.9. The molecule has 0 saturated heterocycles. The van der Waals surface area contributed by atoms with Crippen LogP contribution in [0, 0.1) is 0 Å². The lowest BCUT2D eigenvalue weighted by molar-refractivity contribution is 0.0951. The molecular weight excluding hydrogens is 282 g/mol. The van der Waals surface area contributed by atoms with Crippen LogP contribution < -0.4 is 11.3 Å². The standard InChI is InChI=1S/C16H19N3OS/c17-18-16(20)15-4-2-1-3-13(15)10-19(14-5-6-14)9-12-7-8-21-11-12/h1-4,7-8,11,14H,5-6,9-10,17H2,(H,18,20). The van der Waals surface area contributed by atoms with Gasteiger partial charge in [0.2, 0.25) is 0 Å². The molecule has 1 heterocycles. The molecular formula is C16H19N3OS. The van der Waals surface area contributed by atoms with Gasteiger partial charge in [-0.1, -0.05) is 18.2 Å². The molecule has 3 rings (SSSR count). The van der Waals surface area contributed by atoms with E-state index >= 15 is 0 Å². The first kappa shape index (κ1) is 14.3. The van der Waals surface area contributed by atoms with E-state index in [1.54, 1.807) is 11.3 Å². The summed E-state index contributed by atoms with van der Waals surface area (Å²) in [5, 5.41) is 4.30. The number of carbonyl (C=O) groups is 1. The normalized spacial score (nSPS) is 14.4. The van der Waals surface area contributed by atoms with Crippen LogP contribution in [0.2, 0.25) is 0 Å². The number of benzene rings is 1. The van der Waals surface area contributed by atoms with Crippen molar-refractivity contribution in [3.05, 3.63) is 57.8 Å². The monoisotopic (exact) mass is 301 g/mol. The molecule has 1 aliphatic rings. The van der Waals surface area contributed by atoms with Crippen molar-refractivity contribution in [1.29, 1.82) is 0 Å². The molecule has 2 aromatic rings. The molecule has 0 atom stereocenters. The summed E-state index contributed by atoms with van der Waals surface area (Å²) in [6, 6.07) is 10.5. The van der Waals surface area contributed by atoms with Crippen molar-refractivity contribution in [3.63, 3.8) is 0 Å². The zero-order valence-electron chi connectivity index (χ0n) is 11.8. The van der Waals surface area contributed by atoms with E-state index in [9.17, 15) is 4.79 Å². The SMILES string of the molecule is NNC(=O)c1ccccc1CN(Cc1ccsc1)C1CC1. The van der Waals surface area contributed by atoms with E-state index < -0.39 is 0 Å². The number of nitrogen functional groups attached to an aromatic ring is 1. The number of amides is 1. The van der Waals surface area contributed by atoms with Crippen molar-refractivity contribution >= 4 is 17.2 Å². The Morgan fingerprint density at radius 2 is 2.10 bits per heavy atom. The van der Waals surface area contributed by atoms with Gasteiger partial charge in [0.1, 0.15) is 0 Å². The minimum Gasteiger partial charge on any atom is -0.292 e. The molecule has 1 amide bonds. The highest BCUT2D eigenvalue weighted by molar-refractivity contribution is 7.07. The molecule has 5 heteroatoms. The predicted molar refractivity (Wildman–Crippen MR) is 84.7 cm³/mol. The first-order valence-corrected chi connectivity index (χ1v) is 8.06. The number of thiophene rings is 1. The Bertz CT molecular complexity index is 608. The predicted octanol–water partition coefficient (Wildman–Crippen LogP) is 2.52. The lowest BCUT2D eigenvalue weighted by Crippen LogP contribution is -2.32. The highest BCUT2D eigenvalue weighted by Crippen LogP contribution is 2.30. The molecule has 1 saturated carbocycles. The summed E-state index contributed by atoms with van der Waals surface area (Å²) in [5.74, 6) is 5.05. The van der Waals surface area contributed by atoms with E-state index in [1.165, 1.54) is 18.4 Å². The molecule has 21 heavy (non-hydrogen) atoms. The summed E-state index contributed by atoms with van der Waals surface area (Å²) in [6.07, 6.45) is 2.49. The van der Waals surface area contributed by atoms with Crippen molar-refractivity contribution in [2.75, 3.05) is 0 Å². The number of hydrazine groups is 1. The number of carbonyl (C=O) groups excluding carboxylic acids is 1. The van der Waals surface area contributed by atoms with Gasteiger partial charge in [0.25, 0.3) is 5.91 Å². The van der Waals surface area contributed by atoms with E-state index in [2.05, 4.69) is 27.2 Å². The second-order valence-corrected chi connectivity index (χ2v) is 6.18. The zero-order chi connectivity index (χ0) is 14.7. The maximum Gasteiger partial charge on any atom is 0.265 e. The third-order valence-electron chi connectivity index (χ3n) is 3.80. The summed E-state index contributed by atoms with van der Waals surface area (Å²) < 4.78 is 0. The van der Waals surface area contributed by atoms with Gasteiger partial charge in [-0.15, -0.1) is 0 Å². The van der Waals surface area contributed by atoms with Gasteiger partial charge >= 0.3 is 0 Å². The zero-order valence-corrected chi connectivity index (χ0v) is 12.6. The van der Waals surface area contributed by atoms with Crippen LogP contribution in [-0.4, -0.2) is 16.8 Å². The molecule has 0 radical (unpaired) electrons. The topological polar surface area (TPSA) is 58.4 Å². The molecule has 3 N–H and O–H groups in total. The third kappa shape index (κ3) is 3.50. The Morgan fingerprint density at radius 1 is 1.29 bits per heavy atom. The Labute approximate surface area is 128 Å². The highest BCUT2D eigenvalue weighted by Gasteiger charge is 2.29. The Hall–Kier alpha value is -1.69. The summed E-state index contributed by atoms with van der Waals surface area (Å²) >= 11 is 1.72. The summed E-state index contributed by atoms with van der Waals surface area (Å²) in [6.45, 7) is 1.72. The molecule has 1 fully saturated rings. The van der Waals surface area contributed by atoms with Gasteiger partial charge in [-0.2, -0.15) is 11.3 Å². The van der Waals surface area contributed by atoms with Crippen molar-refractivity contribution in [1.82, 2.24) is 10.3 Å². The van der Waals surface area contributed by atoms with E-state index in [0.29, 0.717) is 11.6 Å². The fraction of sp³-hybridized carbons (Fsp3) is 0.312. The van der Waals surface area contributed by atoms with E-state index in [-0.39, 0.29) is 5.91 Å². The van der Waals surface area contributed by atoms with Gasteiger partial charge in [-0.05, 0) is 46.9 Å². The van der Waals surface area contributed by atoms with Crippen molar-refractivity contribution in [2.45, 2.75) is 32.0 Å². The highest BCUT2D eigenvalue weighted by atomic mass is 32.1. The first-order chi connectivity index (χ1) is 10.3. The van der Waals surface area contributed by atoms with Crippen LogP contribution in [0.5, 0.6) is 0 Å². The number of rotatable bonds is 6. The minimum absolute atomic E-state index is 0.225. The summed E-state index contributed by atoms with van der Waals surface area (Å²) in [4.78, 5) is 14.3. The van der Waals surface area contributed by atoms with Crippen LogP contribution in [0.25, 0.3) is 0 Å². The number of nitrogens with one attached hydrogen (secondary N) is 1. The Kier molecular flexibility index (Phi) is 4.34. The number of nitrogens with zero attached hydrogens (tertiary/aromatic N) is 1. The van der Waals surface area contributed by atoms with Crippen LogP contribution in [0.4, 0.5) is 0 Å². The molecule has 0 spiro atoms. The first-order valence-electron chi connectivity index (χ1n) is 7.12. The average Bonchev–Trinajstić information content (AvgIpc) is 3.24. The van der Waals surface area contributed by atoms with E-state index in [0.717, 1.165) is 18.7 Å². The van der Waals surface area contributed by atoms with Crippen LogP contribution in [0.3, 0.4) is 0 Å². The van der Waals surface area contributed by atoms with Crippen LogP contribution in [0.15, 0.2) is 41.1 Å². The van der Waals surface area contributed by atoms with Gasteiger partial charge in [-0.25, -0.2) is 5.84 Å². The molecule has 0 bridgehead atoms. The molecule has 0 aliphatic heterocycles. The van der Waals surface area contributed by atoms with Gasteiger partial charge in [0.05, 0.1) is 0 Å². The maximum atomic E-state index is 11.9. The lowest BCUT2D eigenvalue weighted by atomic mass is 10.1. The number of hydrogen-bond acceptors (Lipinski definition) is 4. The third-order valence-corrected chi connectivity index (χ3v) is 4.53. The summed E-state index contributed by atoms with van der Waals surface area (Å²) in [7, 11) is 0. The van der Waals surface area contributed by atoms with E-state index in [4.69, 9.17) is 5.84 Å².